The molecule has 1 aromatic heterocycles. The highest BCUT2D eigenvalue weighted by Crippen LogP contribution is 2.19. The van der Waals surface area contributed by atoms with Crippen molar-refractivity contribution < 1.29 is 9.72 Å². The van der Waals surface area contributed by atoms with Gasteiger partial charge in [-0.15, -0.1) is 0 Å². The Bertz CT molecular complexity index is 769. The molecule has 2 aromatic rings. The van der Waals surface area contributed by atoms with E-state index < -0.39 is 10.8 Å². The van der Waals surface area contributed by atoms with E-state index in [9.17, 15) is 19.7 Å². The minimum atomic E-state index is -0.526. The molecule has 0 aliphatic carbocycles. The van der Waals surface area contributed by atoms with Crippen LogP contribution in [-0.4, -0.2) is 26.9 Å². The van der Waals surface area contributed by atoms with E-state index >= 15 is 0 Å². The van der Waals surface area contributed by atoms with Gasteiger partial charge in [0.25, 0.3) is 17.2 Å². The molecule has 0 bridgehead atoms. The second-order valence-corrected chi connectivity index (χ2v) is 4.63. The van der Waals surface area contributed by atoms with E-state index in [4.69, 9.17) is 0 Å². The SMILES string of the molecule is Cc1ccc(C(=O)NCCn2cnccc2=O)cc1[N+](=O)[O-]. The summed E-state index contributed by atoms with van der Waals surface area (Å²) >= 11 is 0. The zero-order chi connectivity index (χ0) is 16.1. The number of hydrogen-bond acceptors (Lipinski definition) is 5. The summed E-state index contributed by atoms with van der Waals surface area (Å²) in [6.45, 7) is 2.09. The first kappa shape index (κ1) is 15.4. The third-order valence-electron chi connectivity index (χ3n) is 3.10. The predicted molar refractivity (Wildman–Crippen MR) is 78.7 cm³/mol. The third kappa shape index (κ3) is 3.54. The van der Waals surface area contributed by atoms with Gasteiger partial charge < -0.3 is 5.32 Å². The minimum absolute atomic E-state index is 0.101. The van der Waals surface area contributed by atoms with Crippen molar-refractivity contribution in [2.24, 2.45) is 0 Å². The molecule has 1 amide bonds. The molecule has 8 heteroatoms. The van der Waals surface area contributed by atoms with E-state index in [1.807, 2.05) is 0 Å². The zero-order valence-electron chi connectivity index (χ0n) is 11.9. The second kappa shape index (κ2) is 6.61. The van der Waals surface area contributed by atoms with Gasteiger partial charge in [-0.2, -0.15) is 0 Å². The molecule has 114 valence electrons. The van der Waals surface area contributed by atoms with Crippen LogP contribution < -0.4 is 10.9 Å². The topological polar surface area (TPSA) is 107 Å². The molecule has 0 saturated carbocycles. The third-order valence-corrected chi connectivity index (χ3v) is 3.10. The van der Waals surface area contributed by atoms with Crippen LogP contribution in [0.5, 0.6) is 0 Å². The first-order valence-corrected chi connectivity index (χ1v) is 6.53. The molecule has 1 N–H and O–H groups in total. The molecule has 1 heterocycles. The van der Waals surface area contributed by atoms with Crippen LogP contribution in [0.4, 0.5) is 5.69 Å². The van der Waals surface area contributed by atoms with Crippen LogP contribution in [0.3, 0.4) is 0 Å². The van der Waals surface area contributed by atoms with Gasteiger partial charge in [0.05, 0.1) is 11.3 Å². The summed E-state index contributed by atoms with van der Waals surface area (Å²) in [7, 11) is 0. The molecule has 0 atom stereocenters. The predicted octanol–water partition coefficient (Wildman–Crippen LogP) is 0.890. The first-order valence-electron chi connectivity index (χ1n) is 6.53. The smallest absolute Gasteiger partial charge is 0.273 e. The van der Waals surface area contributed by atoms with Gasteiger partial charge in [-0.25, -0.2) is 4.98 Å². The van der Waals surface area contributed by atoms with Crippen LogP contribution in [0, 0.1) is 17.0 Å². The van der Waals surface area contributed by atoms with Crippen molar-refractivity contribution in [1.29, 1.82) is 0 Å². The van der Waals surface area contributed by atoms with E-state index in [1.165, 1.54) is 41.4 Å². The van der Waals surface area contributed by atoms with Gasteiger partial charge in [0, 0.05) is 42.5 Å². The summed E-state index contributed by atoms with van der Waals surface area (Å²) in [5.41, 5.74) is 0.380. The van der Waals surface area contributed by atoms with Crippen molar-refractivity contribution in [3.8, 4) is 0 Å². The number of carbonyl (C=O) groups is 1. The van der Waals surface area contributed by atoms with Crippen LogP contribution in [0.25, 0.3) is 0 Å². The van der Waals surface area contributed by atoms with E-state index in [-0.39, 0.29) is 29.9 Å². The van der Waals surface area contributed by atoms with Gasteiger partial charge in [-0.3, -0.25) is 24.3 Å². The number of aromatic nitrogens is 2. The Balaban J connectivity index is 2.01. The number of nitro groups is 1. The molecular weight excluding hydrogens is 288 g/mol. The van der Waals surface area contributed by atoms with Crippen LogP contribution in [0.2, 0.25) is 0 Å². The van der Waals surface area contributed by atoms with Crippen molar-refractivity contribution in [2.45, 2.75) is 13.5 Å². The Hall–Kier alpha value is -3.03. The summed E-state index contributed by atoms with van der Waals surface area (Å²) in [5.74, 6) is -0.431. The average molecular weight is 302 g/mol. The Labute approximate surface area is 125 Å². The molecule has 0 saturated heterocycles. The number of nitrogens with zero attached hydrogens (tertiary/aromatic N) is 3. The minimum Gasteiger partial charge on any atom is -0.350 e. The maximum Gasteiger partial charge on any atom is 0.273 e. The Kier molecular flexibility index (Phi) is 4.62. The first-order chi connectivity index (χ1) is 10.5. The van der Waals surface area contributed by atoms with Crippen LogP contribution in [-0.2, 0) is 6.54 Å². The lowest BCUT2D eigenvalue weighted by atomic mass is 10.1. The lowest BCUT2D eigenvalue weighted by molar-refractivity contribution is -0.385. The highest BCUT2D eigenvalue weighted by Gasteiger charge is 2.14. The summed E-state index contributed by atoms with van der Waals surface area (Å²) in [6, 6.07) is 5.61. The average Bonchev–Trinajstić information content (AvgIpc) is 2.49. The van der Waals surface area contributed by atoms with Crippen LogP contribution in [0.15, 0.2) is 41.6 Å². The number of benzene rings is 1. The fourth-order valence-corrected chi connectivity index (χ4v) is 1.89. The van der Waals surface area contributed by atoms with Crippen LogP contribution in [0.1, 0.15) is 15.9 Å². The van der Waals surface area contributed by atoms with Gasteiger partial charge in [-0.05, 0) is 13.0 Å². The molecule has 1 aromatic carbocycles. The van der Waals surface area contributed by atoms with Crippen LogP contribution >= 0.6 is 0 Å². The molecule has 22 heavy (non-hydrogen) atoms. The number of amides is 1. The normalized spacial score (nSPS) is 10.2. The second-order valence-electron chi connectivity index (χ2n) is 4.63. The Morgan fingerprint density at radius 3 is 2.86 bits per heavy atom. The van der Waals surface area contributed by atoms with Gasteiger partial charge in [0.1, 0.15) is 0 Å². The Morgan fingerprint density at radius 1 is 1.41 bits per heavy atom. The number of nitrogens with one attached hydrogen (secondary N) is 1. The number of nitro benzene ring substituents is 1. The molecular formula is C14H14N4O4. The molecule has 0 fully saturated rings. The number of hydrogen-bond donors (Lipinski definition) is 1. The summed E-state index contributed by atoms with van der Waals surface area (Å²) in [6.07, 6.45) is 2.77. The monoisotopic (exact) mass is 302 g/mol. The fourth-order valence-electron chi connectivity index (χ4n) is 1.89. The van der Waals surface area contributed by atoms with Crippen molar-refractivity contribution in [3.05, 3.63) is 68.4 Å². The van der Waals surface area contributed by atoms with Gasteiger partial charge in [-0.1, -0.05) is 6.07 Å². The van der Waals surface area contributed by atoms with E-state index in [1.54, 1.807) is 6.92 Å². The van der Waals surface area contributed by atoms with E-state index in [0.29, 0.717) is 5.56 Å². The summed E-state index contributed by atoms with van der Waals surface area (Å²) < 4.78 is 1.36. The molecule has 0 aliphatic heterocycles. The maximum absolute atomic E-state index is 12.0. The van der Waals surface area contributed by atoms with Gasteiger partial charge in [0.15, 0.2) is 0 Å². The van der Waals surface area contributed by atoms with Gasteiger partial charge >= 0.3 is 0 Å². The molecule has 0 aliphatic rings. The lowest BCUT2D eigenvalue weighted by Crippen LogP contribution is -2.30. The number of aryl methyl sites for hydroxylation is 1. The van der Waals surface area contributed by atoms with E-state index in [2.05, 4.69) is 10.3 Å². The van der Waals surface area contributed by atoms with E-state index in [0.717, 1.165) is 0 Å². The van der Waals surface area contributed by atoms with Crippen molar-refractivity contribution in [1.82, 2.24) is 14.9 Å². The molecule has 8 nitrogen and oxygen atoms in total. The molecule has 0 spiro atoms. The standard InChI is InChI=1S/C14H14N4O4/c1-10-2-3-11(8-12(10)18(21)22)14(20)16-6-7-17-9-15-5-4-13(17)19/h2-5,8-9H,6-7H2,1H3,(H,16,20). The Morgan fingerprint density at radius 2 is 2.18 bits per heavy atom. The van der Waals surface area contributed by atoms with Crippen molar-refractivity contribution >= 4 is 11.6 Å². The lowest BCUT2D eigenvalue weighted by Gasteiger charge is -2.07. The van der Waals surface area contributed by atoms with Crippen molar-refractivity contribution in [2.75, 3.05) is 6.54 Å². The fraction of sp³-hybridized carbons (Fsp3) is 0.214. The largest absolute Gasteiger partial charge is 0.350 e. The maximum atomic E-state index is 12.0. The van der Waals surface area contributed by atoms with Crippen molar-refractivity contribution in [3.63, 3.8) is 0 Å². The molecule has 0 unspecified atom stereocenters. The summed E-state index contributed by atoms with van der Waals surface area (Å²) in [4.78, 5) is 37.6. The quantitative estimate of drug-likeness (QED) is 0.652. The highest BCUT2D eigenvalue weighted by atomic mass is 16.6. The zero-order valence-corrected chi connectivity index (χ0v) is 11.9. The highest BCUT2D eigenvalue weighted by molar-refractivity contribution is 5.94. The number of rotatable bonds is 5. The molecule has 0 radical (unpaired) electrons. The number of carbonyl (C=O) groups excluding carboxylic acids is 1. The van der Waals surface area contributed by atoms with Gasteiger partial charge in [0.2, 0.25) is 0 Å². The molecule has 2 rings (SSSR count). The summed E-state index contributed by atoms with van der Waals surface area (Å²) in [5, 5.41) is 13.5.